The van der Waals surface area contributed by atoms with Crippen LogP contribution in [0.3, 0.4) is 0 Å². The zero-order valence-corrected chi connectivity index (χ0v) is 17.9. The SMILES string of the molecule is Cc1cccc(C)c1NC(=O)COC(=O)[C@@H]1CC(=O)N([C@H]2CCC[C@H](C)[C@@H]2C)C1. The van der Waals surface area contributed by atoms with Crippen LogP contribution in [0.25, 0.3) is 0 Å². The standard InChI is InChI=1S/C23H32N2O4/c1-14-7-6-10-19(17(14)4)25-12-18(11-21(25)27)23(28)29-13-20(26)24-22-15(2)8-5-9-16(22)3/h5,8-9,14,17-19H,6-7,10-13H2,1-4H3,(H,24,26)/t14-,17-,18+,19-/m0/s1. The molecule has 1 aromatic rings. The van der Waals surface area contributed by atoms with Crippen LogP contribution >= 0.6 is 0 Å². The van der Waals surface area contributed by atoms with Crippen molar-refractivity contribution in [3.63, 3.8) is 0 Å². The fourth-order valence-corrected chi connectivity index (χ4v) is 4.65. The highest BCUT2D eigenvalue weighted by Gasteiger charge is 2.42. The number of amides is 2. The lowest BCUT2D eigenvalue weighted by molar-refractivity contribution is -0.151. The summed E-state index contributed by atoms with van der Waals surface area (Å²) in [5, 5.41) is 2.81. The number of rotatable bonds is 5. The van der Waals surface area contributed by atoms with Gasteiger partial charge in [0.05, 0.1) is 5.92 Å². The molecular weight excluding hydrogens is 368 g/mol. The first kappa shape index (κ1) is 21.3. The first-order chi connectivity index (χ1) is 13.8. The van der Waals surface area contributed by atoms with Crippen molar-refractivity contribution in [2.75, 3.05) is 18.5 Å². The van der Waals surface area contributed by atoms with E-state index in [1.54, 1.807) is 0 Å². The number of aryl methyl sites for hydroxylation is 2. The number of carbonyl (C=O) groups is 3. The van der Waals surface area contributed by atoms with E-state index in [4.69, 9.17) is 4.74 Å². The molecule has 4 atom stereocenters. The van der Waals surface area contributed by atoms with Crippen molar-refractivity contribution in [3.8, 4) is 0 Å². The second-order valence-electron chi connectivity index (χ2n) is 8.70. The van der Waals surface area contributed by atoms with Crippen molar-refractivity contribution in [2.45, 2.75) is 59.4 Å². The summed E-state index contributed by atoms with van der Waals surface area (Å²) in [4.78, 5) is 39.1. The zero-order chi connectivity index (χ0) is 21.1. The molecule has 0 radical (unpaired) electrons. The molecule has 1 saturated heterocycles. The van der Waals surface area contributed by atoms with Gasteiger partial charge in [0, 0.05) is 24.7 Å². The van der Waals surface area contributed by atoms with Crippen LogP contribution in [0.5, 0.6) is 0 Å². The predicted octanol–water partition coefficient (Wildman–Crippen LogP) is 3.46. The van der Waals surface area contributed by atoms with E-state index in [0.29, 0.717) is 18.4 Å². The maximum atomic E-state index is 12.5. The van der Waals surface area contributed by atoms with E-state index in [1.807, 2.05) is 36.9 Å². The molecule has 3 rings (SSSR count). The topological polar surface area (TPSA) is 75.7 Å². The van der Waals surface area contributed by atoms with Crippen molar-refractivity contribution in [1.82, 2.24) is 4.90 Å². The molecule has 0 spiro atoms. The summed E-state index contributed by atoms with van der Waals surface area (Å²) >= 11 is 0. The molecule has 1 saturated carbocycles. The number of benzene rings is 1. The molecule has 29 heavy (non-hydrogen) atoms. The van der Waals surface area contributed by atoms with E-state index >= 15 is 0 Å². The lowest BCUT2D eigenvalue weighted by Gasteiger charge is -2.39. The molecule has 1 heterocycles. The minimum atomic E-state index is -0.486. The van der Waals surface area contributed by atoms with Gasteiger partial charge in [-0.3, -0.25) is 14.4 Å². The van der Waals surface area contributed by atoms with Crippen LogP contribution < -0.4 is 5.32 Å². The van der Waals surface area contributed by atoms with Gasteiger partial charge in [0.25, 0.3) is 5.91 Å². The lowest BCUT2D eigenvalue weighted by Crippen LogP contribution is -2.45. The van der Waals surface area contributed by atoms with Crippen molar-refractivity contribution in [1.29, 1.82) is 0 Å². The number of anilines is 1. The van der Waals surface area contributed by atoms with Gasteiger partial charge in [0.15, 0.2) is 6.61 Å². The molecule has 2 amide bonds. The van der Waals surface area contributed by atoms with Crippen LogP contribution in [-0.4, -0.2) is 41.9 Å². The Labute approximate surface area is 173 Å². The number of hydrogen-bond acceptors (Lipinski definition) is 4. The molecule has 2 aliphatic rings. The molecule has 0 bridgehead atoms. The molecule has 0 unspecified atom stereocenters. The van der Waals surface area contributed by atoms with E-state index < -0.39 is 11.9 Å². The Balaban J connectivity index is 1.52. The number of nitrogens with one attached hydrogen (secondary N) is 1. The van der Waals surface area contributed by atoms with Crippen molar-refractivity contribution < 1.29 is 19.1 Å². The van der Waals surface area contributed by atoms with Crippen LogP contribution in [0.1, 0.15) is 50.7 Å². The number of ether oxygens (including phenoxy) is 1. The van der Waals surface area contributed by atoms with Crippen LogP contribution in [0.15, 0.2) is 18.2 Å². The van der Waals surface area contributed by atoms with Crippen LogP contribution in [-0.2, 0) is 19.1 Å². The van der Waals surface area contributed by atoms with Crippen molar-refractivity contribution in [3.05, 3.63) is 29.3 Å². The molecule has 6 heteroatoms. The average Bonchev–Trinajstić information content (AvgIpc) is 3.06. The third-order valence-corrected chi connectivity index (χ3v) is 6.65. The lowest BCUT2D eigenvalue weighted by atomic mass is 9.77. The summed E-state index contributed by atoms with van der Waals surface area (Å²) in [5.41, 5.74) is 2.66. The van der Waals surface area contributed by atoms with E-state index in [9.17, 15) is 14.4 Å². The highest BCUT2D eigenvalue weighted by atomic mass is 16.5. The number of carbonyl (C=O) groups excluding carboxylic acids is 3. The predicted molar refractivity (Wildman–Crippen MR) is 111 cm³/mol. The molecule has 2 fully saturated rings. The van der Waals surface area contributed by atoms with Gasteiger partial charge >= 0.3 is 5.97 Å². The van der Waals surface area contributed by atoms with Gasteiger partial charge in [-0.05, 0) is 43.2 Å². The Morgan fingerprint density at radius 1 is 1.17 bits per heavy atom. The second-order valence-corrected chi connectivity index (χ2v) is 8.70. The molecular formula is C23H32N2O4. The molecule has 1 aliphatic heterocycles. The van der Waals surface area contributed by atoms with Crippen LogP contribution in [0, 0.1) is 31.6 Å². The normalized spacial score (nSPS) is 27.0. The largest absolute Gasteiger partial charge is 0.455 e. The molecule has 1 aromatic carbocycles. The summed E-state index contributed by atoms with van der Waals surface area (Å²) in [6.07, 6.45) is 3.49. The Hall–Kier alpha value is -2.37. The van der Waals surface area contributed by atoms with Crippen LogP contribution in [0.4, 0.5) is 5.69 Å². The summed E-state index contributed by atoms with van der Waals surface area (Å²) < 4.78 is 5.24. The van der Waals surface area contributed by atoms with E-state index in [-0.39, 0.29) is 30.9 Å². The van der Waals surface area contributed by atoms with E-state index in [2.05, 4.69) is 19.2 Å². The zero-order valence-electron chi connectivity index (χ0n) is 17.9. The molecule has 158 valence electrons. The number of para-hydroxylation sites is 1. The fraction of sp³-hybridized carbons (Fsp3) is 0.609. The molecule has 6 nitrogen and oxygen atoms in total. The number of nitrogens with zero attached hydrogens (tertiary/aromatic N) is 1. The quantitative estimate of drug-likeness (QED) is 0.768. The smallest absolute Gasteiger partial charge is 0.311 e. The van der Waals surface area contributed by atoms with Gasteiger partial charge in [-0.25, -0.2) is 0 Å². The Bertz CT molecular complexity index is 771. The van der Waals surface area contributed by atoms with Gasteiger partial charge < -0.3 is 15.0 Å². The third-order valence-electron chi connectivity index (χ3n) is 6.65. The highest BCUT2D eigenvalue weighted by Crippen LogP contribution is 2.35. The van der Waals surface area contributed by atoms with E-state index in [0.717, 1.165) is 29.7 Å². The van der Waals surface area contributed by atoms with E-state index in [1.165, 1.54) is 6.42 Å². The Morgan fingerprint density at radius 2 is 1.86 bits per heavy atom. The number of likely N-dealkylation sites (tertiary alicyclic amines) is 1. The average molecular weight is 401 g/mol. The molecule has 0 aromatic heterocycles. The first-order valence-electron chi connectivity index (χ1n) is 10.6. The highest BCUT2D eigenvalue weighted by molar-refractivity contribution is 5.95. The maximum Gasteiger partial charge on any atom is 0.311 e. The van der Waals surface area contributed by atoms with Gasteiger partial charge in [-0.1, -0.05) is 44.9 Å². The Morgan fingerprint density at radius 3 is 2.55 bits per heavy atom. The first-order valence-corrected chi connectivity index (χ1v) is 10.6. The van der Waals surface area contributed by atoms with Gasteiger partial charge in [-0.2, -0.15) is 0 Å². The third kappa shape index (κ3) is 4.80. The van der Waals surface area contributed by atoms with Crippen LogP contribution in [0.2, 0.25) is 0 Å². The Kier molecular flexibility index (Phi) is 6.60. The minimum Gasteiger partial charge on any atom is -0.455 e. The molecule has 1 aliphatic carbocycles. The summed E-state index contributed by atoms with van der Waals surface area (Å²) in [6.45, 7) is 8.33. The van der Waals surface area contributed by atoms with Gasteiger partial charge in [0.1, 0.15) is 0 Å². The van der Waals surface area contributed by atoms with Gasteiger partial charge in [0.2, 0.25) is 5.91 Å². The second kappa shape index (κ2) is 8.97. The number of esters is 1. The minimum absolute atomic E-state index is 0.0258. The fourth-order valence-electron chi connectivity index (χ4n) is 4.65. The maximum absolute atomic E-state index is 12.5. The monoisotopic (exact) mass is 400 g/mol. The molecule has 1 N–H and O–H groups in total. The van der Waals surface area contributed by atoms with Gasteiger partial charge in [-0.15, -0.1) is 0 Å². The summed E-state index contributed by atoms with van der Waals surface area (Å²) in [5.74, 6) is -0.273. The van der Waals surface area contributed by atoms with Crippen molar-refractivity contribution >= 4 is 23.5 Å². The summed E-state index contributed by atoms with van der Waals surface area (Å²) in [6, 6.07) is 5.97. The number of hydrogen-bond donors (Lipinski definition) is 1. The summed E-state index contributed by atoms with van der Waals surface area (Å²) in [7, 11) is 0. The van der Waals surface area contributed by atoms with Crippen molar-refractivity contribution in [2.24, 2.45) is 17.8 Å².